The van der Waals surface area contributed by atoms with E-state index in [9.17, 15) is 0 Å². The van der Waals surface area contributed by atoms with Crippen molar-refractivity contribution < 1.29 is 0 Å². The number of hydrogen-bond acceptors (Lipinski definition) is 3. The second-order valence-electron chi connectivity index (χ2n) is 6.45. The van der Waals surface area contributed by atoms with Gasteiger partial charge in [0.05, 0.1) is 0 Å². The van der Waals surface area contributed by atoms with Crippen LogP contribution in [0.15, 0.2) is 66.7 Å². The third kappa shape index (κ3) is 6.48. The van der Waals surface area contributed by atoms with E-state index in [0.717, 1.165) is 22.5 Å². The van der Waals surface area contributed by atoms with Gasteiger partial charge in [0.25, 0.3) is 0 Å². The molecule has 0 unspecified atom stereocenters. The van der Waals surface area contributed by atoms with Crippen LogP contribution in [0.1, 0.15) is 11.1 Å². The van der Waals surface area contributed by atoms with Gasteiger partial charge in [0.15, 0.2) is 10.2 Å². The minimum atomic E-state index is 0.416. The summed E-state index contributed by atoms with van der Waals surface area (Å²) in [7, 11) is 0. The van der Waals surface area contributed by atoms with Crippen LogP contribution in [0.4, 0.5) is 28.4 Å². The SMILES string of the molecule is C#Cc1ccc(NC(=S)Nc2cc(N)cc(NC(=S)Nc3ccc(C#C)cc3)c2)cc1. The van der Waals surface area contributed by atoms with Gasteiger partial charge < -0.3 is 27.0 Å². The number of terminal acetylenes is 2. The standard InChI is InChI=1S/C24H19N5S2/c1-3-16-5-9-19(10-6-16)26-23(30)28-21-13-18(25)14-22(15-21)29-24(31)27-20-11-7-17(4-2)8-12-20/h1-2,5-15H,25H2,(H2,26,28,30)(H2,27,29,31). The van der Waals surface area contributed by atoms with Crippen LogP contribution in [-0.2, 0) is 0 Å². The van der Waals surface area contributed by atoms with E-state index in [4.69, 9.17) is 43.0 Å². The molecule has 152 valence electrons. The molecule has 0 aliphatic carbocycles. The Kier molecular flexibility index (Phi) is 7.08. The van der Waals surface area contributed by atoms with Gasteiger partial charge in [-0.05, 0) is 91.2 Å². The van der Waals surface area contributed by atoms with Crippen molar-refractivity contribution in [2.75, 3.05) is 27.0 Å². The maximum atomic E-state index is 6.03. The van der Waals surface area contributed by atoms with Crippen molar-refractivity contribution in [1.82, 2.24) is 0 Å². The highest BCUT2D eigenvalue weighted by atomic mass is 32.1. The minimum absolute atomic E-state index is 0.416. The predicted molar refractivity (Wildman–Crippen MR) is 139 cm³/mol. The third-order valence-electron chi connectivity index (χ3n) is 4.09. The molecule has 0 radical (unpaired) electrons. The Balaban J connectivity index is 1.62. The molecule has 5 nitrogen and oxygen atoms in total. The van der Waals surface area contributed by atoms with Gasteiger partial charge >= 0.3 is 0 Å². The van der Waals surface area contributed by atoms with Gasteiger partial charge in [-0.2, -0.15) is 0 Å². The molecule has 0 saturated heterocycles. The van der Waals surface area contributed by atoms with Crippen LogP contribution < -0.4 is 27.0 Å². The van der Waals surface area contributed by atoms with Gasteiger partial charge in [0.2, 0.25) is 0 Å². The summed E-state index contributed by atoms with van der Waals surface area (Å²) < 4.78 is 0. The molecule has 3 aromatic rings. The molecule has 0 spiro atoms. The summed E-state index contributed by atoms with van der Waals surface area (Å²) >= 11 is 10.8. The first-order valence-electron chi connectivity index (χ1n) is 9.15. The topological polar surface area (TPSA) is 74.1 Å². The Bertz CT molecular complexity index is 1090. The Labute approximate surface area is 192 Å². The van der Waals surface area contributed by atoms with Crippen molar-refractivity contribution in [2.24, 2.45) is 0 Å². The van der Waals surface area contributed by atoms with E-state index in [2.05, 4.69) is 33.1 Å². The zero-order valence-corrected chi connectivity index (χ0v) is 18.0. The molecule has 3 aromatic carbocycles. The minimum Gasteiger partial charge on any atom is -0.399 e. The fourth-order valence-corrected chi connectivity index (χ4v) is 3.15. The molecule has 0 bridgehead atoms. The Morgan fingerprint density at radius 1 is 0.613 bits per heavy atom. The maximum absolute atomic E-state index is 6.03. The van der Waals surface area contributed by atoms with E-state index < -0.39 is 0 Å². The van der Waals surface area contributed by atoms with Crippen molar-refractivity contribution in [1.29, 1.82) is 0 Å². The molecule has 0 aliphatic rings. The molecule has 31 heavy (non-hydrogen) atoms. The molecular formula is C24H19N5S2. The van der Waals surface area contributed by atoms with Crippen LogP contribution in [0.25, 0.3) is 0 Å². The summed E-state index contributed by atoms with van der Waals surface area (Å²) in [6.45, 7) is 0. The van der Waals surface area contributed by atoms with Gasteiger partial charge in [-0.3, -0.25) is 0 Å². The maximum Gasteiger partial charge on any atom is 0.175 e. The zero-order valence-electron chi connectivity index (χ0n) is 16.4. The second kappa shape index (κ2) is 10.1. The number of anilines is 5. The van der Waals surface area contributed by atoms with E-state index in [1.807, 2.05) is 54.6 Å². The second-order valence-corrected chi connectivity index (χ2v) is 7.26. The molecule has 0 aromatic heterocycles. The monoisotopic (exact) mass is 441 g/mol. The molecule has 0 amide bonds. The number of nitrogen functional groups attached to an aromatic ring is 1. The Hall–Kier alpha value is -4.04. The number of nitrogens with two attached hydrogens (primary N) is 1. The van der Waals surface area contributed by atoms with E-state index in [1.54, 1.807) is 12.1 Å². The average molecular weight is 442 g/mol. The largest absolute Gasteiger partial charge is 0.399 e. The lowest BCUT2D eigenvalue weighted by atomic mass is 10.2. The van der Waals surface area contributed by atoms with Crippen LogP contribution in [0.5, 0.6) is 0 Å². The lowest BCUT2D eigenvalue weighted by Gasteiger charge is -2.15. The highest BCUT2D eigenvalue weighted by molar-refractivity contribution is 7.81. The van der Waals surface area contributed by atoms with Gasteiger partial charge in [0.1, 0.15) is 0 Å². The lowest BCUT2D eigenvalue weighted by Crippen LogP contribution is -2.21. The van der Waals surface area contributed by atoms with Gasteiger partial charge in [-0.25, -0.2) is 0 Å². The fraction of sp³-hybridized carbons (Fsp3) is 0. The number of thiocarbonyl (C=S) groups is 2. The molecule has 7 heteroatoms. The van der Waals surface area contributed by atoms with E-state index >= 15 is 0 Å². The molecule has 0 fully saturated rings. The van der Waals surface area contributed by atoms with Crippen LogP contribution in [0.3, 0.4) is 0 Å². The number of rotatable bonds is 4. The summed E-state index contributed by atoms with van der Waals surface area (Å²) in [5, 5.41) is 13.3. The smallest absolute Gasteiger partial charge is 0.175 e. The van der Waals surface area contributed by atoms with Crippen LogP contribution in [0, 0.1) is 24.7 Å². The van der Waals surface area contributed by atoms with Crippen molar-refractivity contribution in [3.05, 3.63) is 77.9 Å². The Morgan fingerprint density at radius 3 is 1.32 bits per heavy atom. The molecule has 3 rings (SSSR count). The first-order valence-corrected chi connectivity index (χ1v) is 9.97. The summed E-state index contributed by atoms with van der Waals surface area (Å²) in [6, 6.07) is 20.2. The number of benzene rings is 3. The molecule has 0 aliphatic heterocycles. The highest BCUT2D eigenvalue weighted by Gasteiger charge is 2.05. The van der Waals surface area contributed by atoms with Crippen molar-refractivity contribution >= 4 is 63.1 Å². The Morgan fingerprint density at radius 2 is 0.968 bits per heavy atom. The van der Waals surface area contributed by atoms with E-state index in [0.29, 0.717) is 27.3 Å². The van der Waals surface area contributed by atoms with Crippen LogP contribution in [-0.4, -0.2) is 10.2 Å². The van der Waals surface area contributed by atoms with Gasteiger partial charge in [-0.15, -0.1) is 12.8 Å². The lowest BCUT2D eigenvalue weighted by molar-refractivity contribution is 1.56. The van der Waals surface area contributed by atoms with Crippen molar-refractivity contribution in [3.63, 3.8) is 0 Å². The predicted octanol–water partition coefficient (Wildman–Crippen LogP) is 4.85. The number of nitrogens with one attached hydrogen (secondary N) is 4. The zero-order chi connectivity index (χ0) is 22.2. The van der Waals surface area contributed by atoms with Crippen molar-refractivity contribution in [2.45, 2.75) is 0 Å². The van der Waals surface area contributed by atoms with Gasteiger partial charge in [-0.1, -0.05) is 11.8 Å². The summed E-state index contributed by atoms with van der Waals surface area (Å²) in [4.78, 5) is 0. The average Bonchev–Trinajstić information content (AvgIpc) is 2.74. The van der Waals surface area contributed by atoms with Crippen LogP contribution >= 0.6 is 24.4 Å². The summed E-state index contributed by atoms with van der Waals surface area (Å²) in [5.41, 5.74) is 11.2. The fourth-order valence-electron chi connectivity index (χ4n) is 2.68. The molecule has 0 saturated carbocycles. The molecular weight excluding hydrogens is 422 g/mol. The summed E-state index contributed by atoms with van der Waals surface area (Å²) in [5.74, 6) is 5.15. The van der Waals surface area contributed by atoms with E-state index in [1.165, 1.54) is 0 Å². The normalized spacial score (nSPS) is 9.61. The van der Waals surface area contributed by atoms with Crippen LogP contribution in [0.2, 0.25) is 0 Å². The first kappa shape index (κ1) is 21.7. The van der Waals surface area contributed by atoms with E-state index in [-0.39, 0.29) is 0 Å². The number of hydrogen-bond donors (Lipinski definition) is 5. The van der Waals surface area contributed by atoms with Crippen molar-refractivity contribution in [3.8, 4) is 24.7 Å². The van der Waals surface area contributed by atoms with Gasteiger partial charge in [0, 0.05) is 39.6 Å². The highest BCUT2D eigenvalue weighted by Crippen LogP contribution is 2.22. The third-order valence-corrected chi connectivity index (χ3v) is 4.50. The molecule has 6 N–H and O–H groups in total. The summed E-state index contributed by atoms with van der Waals surface area (Å²) in [6.07, 6.45) is 10.7. The first-order chi connectivity index (χ1) is 14.9. The quantitative estimate of drug-likeness (QED) is 0.225. The molecule has 0 atom stereocenters. The molecule has 0 heterocycles.